The topological polar surface area (TPSA) is 41.4 Å². The van der Waals surface area contributed by atoms with Gasteiger partial charge < -0.3 is 23.3 Å². The highest BCUT2D eigenvalue weighted by Crippen LogP contribution is 2.49. The van der Waals surface area contributed by atoms with Crippen molar-refractivity contribution >= 4 is 43.9 Å². The summed E-state index contributed by atoms with van der Waals surface area (Å²) in [5.74, 6) is 2.48. The Morgan fingerprint density at radius 1 is 0.413 bits per heavy atom. The van der Waals surface area contributed by atoms with Gasteiger partial charge in [0, 0.05) is 46.8 Å². The summed E-state index contributed by atoms with van der Waals surface area (Å²) >= 11 is 0. The van der Waals surface area contributed by atoms with Gasteiger partial charge in [0.05, 0.1) is 54.2 Å². The molecular formula is C40H30N3O3+. The van der Waals surface area contributed by atoms with Crippen molar-refractivity contribution in [1.29, 1.82) is 0 Å². The van der Waals surface area contributed by atoms with E-state index in [1.165, 1.54) is 21.9 Å². The molecule has 0 radical (unpaired) electrons. The number of methoxy groups -OCH3 is 3. The maximum atomic E-state index is 5.53. The zero-order chi connectivity index (χ0) is 30.9. The minimum Gasteiger partial charge on any atom is -0.497 e. The monoisotopic (exact) mass is 600 g/mol. The van der Waals surface area contributed by atoms with Gasteiger partial charge in [-0.05, 0) is 84.9 Å². The van der Waals surface area contributed by atoms with Gasteiger partial charge in [-0.2, -0.15) is 4.57 Å². The van der Waals surface area contributed by atoms with E-state index in [0.717, 1.165) is 67.4 Å². The fourth-order valence-corrected chi connectivity index (χ4v) is 7.26. The van der Waals surface area contributed by atoms with Crippen LogP contribution in [-0.2, 0) is 0 Å². The lowest BCUT2D eigenvalue weighted by molar-refractivity contribution is -0.537. The van der Waals surface area contributed by atoms with E-state index in [1.807, 2.05) is 36.4 Å². The highest BCUT2D eigenvalue weighted by molar-refractivity contribution is 6.25. The van der Waals surface area contributed by atoms with Gasteiger partial charge in [-0.3, -0.25) is 0 Å². The van der Waals surface area contributed by atoms with E-state index in [2.05, 4.69) is 105 Å². The molecule has 0 amide bonds. The maximum Gasteiger partial charge on any atom is 0.221 e. The van der Waals surface area contributed by atoms with Gasteiger partial charge in [-0.15, -0.1) is 0 Å². The van der Waals surface area contributed by atoms with Crippen molar-refractivity contribution < 1.29 is 18.8 Å². The van der Waals surface area contributed by atoms with E-state index < -0.39 is 0 Å². The summed E-state index contributed by atoms with van der Waals surface area (Å²) < 4.78 is 23.7. The van der Waals surface area contributed by atoms with Crippen molar-refractivity contribution in [2.45, 2.75) is 0 Å². The number of pyridine rings is 3. The summed E-state index contributed by atoms with van der Waals surface area (Å²) in [5, 5.41) is 2.42. The second-order valence-corrected chi connectivity index (χ2v) is 11.5. The van der Waals surface area contributed by atoms with Crippen LogP contribution < -0.4 is 18.8 Å². The zero-order valence-electron chi connectivity index (χ0n) is 25.7. The zero-order valence-corrected chi connectivity index (χ0v) is 25.7. The Balaban J connectivity index is 1.54. The average Bonchev–Trinajstić information content (AvgIpc) is 3.12. The first-order valence-corrected chi connectivity index (χ1v) is 15.3. The number of benzene rings is 6. The van der Waals surface area contributed by atoms with Crippen LogP contribution in [0.4, 0.5) is 0 Å². The van der Waals surface area contributed by atoms with Crippen LogP contribution in [0.2, 0.25) is 0 Å². The molecular weight excluding hydrogens is 570 g/mol. The molecule has 0 N–H and O–H groups in total. The van der Waals surface area contributed by atoms with Crippen LogP contribution in [0.3, 0.4) is 0 Å². The lowest BCUT2D eigenvalue weighted by atomic mass is 9.88. The lowest BCUT2D eigenvalue weighted by Crippen LogP contribution is -2.33. The number of hydrogen-bond donors (Lipinski definition) is 0. The van der Waals surface area contributed by atoms with E-state index >= 15 is 0 Å². The van der Waals surface area contributed by atoms with Gasteiger partial charge in [-0.25, -0.2) is 0 Å². The van der Waals surface area contributed by atoms with Gasteiger partial charge in [0.1, 0.15) is 17.2 Å². The highest BCUT2D eigenvalue weighted by atomic mass is 16.5. The van der Waals surface area contributed by atoms with Crippen molar-refractivity contribution in [3.05, 3.63) is 127 Å². The molecule has 9 rings (SSSR count). The normalized spacial score (nSPS) is 11.8. The van der Waals surface area contributed by atoms with Crippen molar-refractivity contribution in [3.8, 4) is 45.4 Å². The maximum absolute atomic E-state index is 5.53. The molecule has 7 aromatic rings. The average molecular weight is 601 g/mol. The highest BCUT2D eigenvalue weighted by Gasteiger charge is 2.33. The summed E-state index contributed by atoms with van der Waals surface area (Å²) in [6.07, 6.45) is 0. The van der Waals surface area contributed by atoms with E-state index in [1.54, 1.807) is 21.3 Å². The molecule has 0 fully saturated rings. The molecule has 0 spiro atoms. The summed E-state index contributed by atoms with van der Waals surface area (Å²) in [4.78, 5) is 0. The molecule has 2 aliphatic heterocycles. The molecule has 0 atom stereocenters. The third-order valence-corrected chi connectivity index (χ3v) is 9.25. The predicted octanol–water partition coefficient (Wildman–Crippen LogP) is 8.73. The van der Waals surface area contributed by atoms with Crippen LogP contribution in [0.1, 0.15) is 0 Å². The van der Waals surface area contributed by atoms with Crippen molar-refractivity contribution in [2.24, 2.45) is 0 Å². The van der Waals surface area contributed by atoms with E-state index in [9.17, 15) is 0 Å². The minimum absolute atomic E-state index is 0.827. The van der Waals surface area contributed by atoms with Gasteiger partial charge in [-0.1, -0.05) is 18.2 Å². The third kappa shape index (κ3) is 3.61. The van der Waals surface area contributed by atoms with E-state index in [4.69, 9.17) is 14.2 Å². The lowest BCUT2D eigenvalue weighted by Gasteiger charge is -2.28. The molecule has 0 saturated heterocycles. The molecule has 46 heavy (non-hydrogen) atoms. The van der Waals surface area contributed by atoms with E-state index in [-0.39, 0.29) is 0 Å². The van der Waals surface area contributed by atoms with Crippen molar-refractivity contribution in [2.75, 3.05) is 21.3 Å². The first-order valence-electron chi connectivity index (χ1n) is 15.3. The summed E-state index contributed by atoms with van der Waals surface area (Å²) in [6, 6.07) is 44.9. The summed E-state index contributed by atoms with van der Waals surface area (Å²) in [6.45, 7) is 0. The Labute approximate surface area is 265 Å². The summed E-state index contributed by atoms with van der Waals surface area (Å²) in [7, 11) is 5.11. The van der Waals surface area contributed by atoms with Crippen LogP contribution in [-0.4, -0.2) is 30.5 Å². The molecule has 0 bridgehead atoms. The fourth-order valence-electron chi connectivity index (χ4n) is 7.26. The molecule has 0 aliphatic carbocycles. The fraction of sp³-hybridized carbons (Fsp3) is 0.0750. The number of hydrogen-bond acceptors (Lipinski definition) is 3. The molecule has 222 valence electrons. The first kappa shape index (κ1) is 26.4. The molecule has 3 heterocycles. The Hall–Kier alpha value is -6.01. The molecule has 6 nitrogen and oxygen atoms in total. The third-order valence-electron chi connectivity index (χ3n) is 9.25. The molecule has 6 heteroatoms. The smallest absolute Gasteiger partial charge is 0.221 e. The molecule has 0 unspecified atom stereocenters. The number of ether oxygens (including phenoxy) is 3. The van der Waals surface area contributed by atoms with Crippen LogP contribution in [0.5, 0.6) is 17.2 Å². The Bertz CT molecular complexity index is 2360. The van der Waals surface area contributed by atoms with Crippen LogP contribution in [0.15, 0.2) is 127 Å². The SMILES string of the molecule is COc1ccc(-n2c3cccc4c3-c3c5c2cccc5[n+](-c2ccc(OC)cc2)c2cccc(c32)n4-c2ccc(OC)cc2)cc1. The summed E-state index contributed by atoms with van der Waals surface area (Å²) in [5.41, 5.74) is 12.5. The van der Waals surface area contributed by atoms with Gasteiger partial charge in [0.25, 0.3) is 0 Å². The molecule has 1 aromatic heterocycles. The second kappa shape index (κ2) is 10.0. The largest absolute Gasteiger partial charge is 0.497 e. The van der Waals surface area contributed by atoms with E-state index in [0.29, 0.717) is 0 Å². The first-order chi connectivity index (χ1) is 22.7. The molecule has 0 saturated carbocycles. The Morgan fingerprint density at radius 3 is 1.24 bits per heavy atom. The van der Waals surface area contributed by atoms with Crippen molar-refractivity contribution in [3.63, 3.8) is 0 Å². The second-order valence-electron chi connectivity index (χ2n) is 11.5. The molecule has 2 aliphatic rings. The Kier molecular flexibility index (Phi) is 5.74. The predicted molar refractivity (Wildman–Crippen MR) is 184 cm³/mol. The van der Waals surface area contributed by atoms with Crippen LogP contribution in [0.25, 0.3) is 72.1 Å². The number of rotatable bonds is 6. The molecule has 6 aromatic carbocycles. The van der Waals surface area contributed by atoms with Gasteiger partial charge >= 0.3 is 0 Å². The van der Waals surface area contributed by atoms with Crippen LogP contribution >= 0.6 is 0 Å². The number of aromatic nitrogens is 3. The standard InChI is InChI=1S/C40H30N3O3/c1-44-28-19-13-25(14-20-28)41-31-7-4-9-33-37(31)40-38-32(41)8-5-10-34(38)43(27-17-23-30(46-3)24-18-27)36-12-6-11-35(39(36)40)42(33)26-15-21-29(45-2)22-16-26/h4-24H,1-3H3/q+1. The van der Waals surface area contributed by atoms with Crippen molar-refractivity contribution in [1.82, 2.24) is 9.13 Å². The van der Waals surface area contributed by atoms with Gasteiger partial charge in [0.15, 0.2) is 0 Å². The minimum atomic E-state index is 0.827. The van der Waals surface area contributed by atoms with Crippen LogP contribution in [0, 0.1) is 0 Å². The Morgan fingerprint density at radius 2 is 0.804 bits per heavy atom. The number of nitrogens with zero attached hydrogens (tertiary/aromatic N) is 3. The quantitative estimate of drug-likeness (QED) is 0.109. The van der Waals surface area contributed by atoms with Gasteiger partial charge in [0.2, 0.25) is 16.7 Å².